The van der Waals surface area contributed by atoms with Crippen molar-refractivity contribution in [3.63, 3.8) is 0 Å². The Morgan fingerprint density at radius 1 is 1.56 bits per heavy atom. The number of terminal acetylenes is 1. The molecule has 1 atom stereocenters. The summed E-state index contributed by atoms with van der Waals surface area (Å²) in [6.07, 6.45) is 4.79. The highest BCUT2D eigenvalue weighted by Crippen LogP contribution is 2.14. The monoisotopic (exact) mass is 269 g/mol. The van der Waals surface area contributed by atoms with E-state index in [2.05, 4.69) is 11.2 Å². The second kappa shape index (κ2) is 6.03. The second-order valence-corrected chi connectivity index (χ2v) is 3.83. The van der Waals surface area contributed by atoms with Crippen molar-refractivity contribution < 1.29 is 19.1 Å². The molecular formula is C12H9ClFNO3. The number of carboxylic acids is 1. The van der Waals surface area contributed by atoms with E-state index in [1.54, 1.807) is 0 Å². The number of carboxylic acid groups (broad SMARTS) is 1. The maximum Gasteiger partial charge on any atom is 0.327 e. The van der Waals surface area contributed by atoms with Crippen molar-refractivity contribution in [2.75, 3.05) is 0 Å². The zero-order chi connectivity index (χ0) is 13.7. The van der Waals surface area contributed by atoms with Gasteiger partial charge in [-0.05, 0) is 18.2 Å². The number of aliphatic carboxylic acids is 1. The van der Waals surface area contributed by atoms with Gasteiger partial charge in [0.25, 0.3) is 5.91 Å². The Balaban J connectivity index is 2.87. The molecule has 0 bridgehead atoms. The number of hydrogen-bond donors (Lipinski definition) is 2. The molecule has 0 heterocycles. The molecule has 18 heavy (non-hydrogen) atoms. The summed E-state index contributed by atoms with van der Waals surface area (Å²) in [6, 6.07) is 2.21. The van der Waals surface area contributed by atoms with Gasteiger partial charge in [0, 0.05) is 11.4 Å². The van der Waals surface area contributed by atoms with Crippen molar-refractivity contribution >= 4 is 23.5 Å². The van der Waals surface area contributed by atoms with Gasteiger partial charge in [-0.15, -0.1) is 12.3 Å². The molecule has 1 unspecified atom stereocenters. The van der Waals surface area contributed by atoms with Gasteiger partial charge >= 0.3 is 5.97 Å². The third-order valence-corrected chi connectivity index (χ3v) is 2.34. The summed E-state index contributed by atoms with van der Waals surface area (Å²) < 4.78 is 13.4. The highest BCUT2D eigenvalue weighted by molar-refractivity contribution is 6.30. The molecule has 0 aliphatic heterocycles. The van der Waals surface area contributed by atoms with Crippen LogP contribution < -0.4 is 5.32 Å². The fraction of sp³-hybridized carbons (Fsp3) is 0.167. The lowest BCUT2D eigenvalue weighted by molar-refractivity contribution is -0.139. The molecule has 0 aromatic heterocycles. The maximum absolute atomic E-state index is 13.4. The van der Waals surface area contributed by atoms with Crippen LogP contribution in [0.4, 0.5) is 4.39 Å². The van der Waals surface area contributed by atoms with Crippen molar-refractivity contribution in [2.45, 2.75) is 12.5 Å². The van der Waals surface area contributed by atoms with E-state index in [0.29, 0.717) is 0 Å². The van der Waals surface area contributed by atoms with Crippen molar-refractivity contribution in [3.05, 3.63) is 34.6 Å². The van der Waals surface area contributed by atoms with Crippen LogP contribution in [0, 0.1) is 18.2 Å². The van der Waals surface area contributed by atoms with Crippen molar-refractivity contribution in [2.24, 2.45) is 0 Å². The average molecular weight is 270 g/mol. The number of carbonyl (C=O) groups excluding carboxylic acids is 1. The van der Waals surface area contributed by atoms with Gasteiger partial charge in [-0.2, -0.15) is 0 Å². The normalized spacial score (nSPS) is 11.4. The van der Waals surface area contributed by atoms with Crippen LogP contribution in [-0.2, 0) is 4.79 Å². The summed E-state index contributed by atoms with van der Waals surface area (Å²) in [5, 5.41) is 11.1. The van der Waals surface area contributed by atoms with Crippen LogP contribution in [0.1, 0.15) is 16.8 Å². The highest BCUT2D eigenvalue weighted by atomic mass is 35.5. The van der Waals surface area contributed by atoms with Gasteiger partial charge < -0.3 is 10.4 Å². The first-order valence-electron chi connectivity index (χ1n) is 4.88. The molecule has 94 valence electrons. The number of carbonyl (C=O) groups is 2. The lowest BCUT2D eigenvalue weighted by atomic mass is 10.1. The Morgan fingerprint density at radius 3 is 2.72 bits per heavy atom. The van der Waals surface area contributed by atoms with Crippen LogP contribution in [-0.4, -0.2) is 23.0 Å². The molecule has 1 rings (SSSR count). The van der Waals surface area contributed by atoms with Crippen LogP contribution in [0.15, 0.2) is 18.2 Å². The maximum atomic E-state index is 13.4. The van der Waals surface area contributed by atoms with Crippen molar-refractivity contribution in [1.29, 1.82) is 0 Å². The standard InChI is InChI=1S/C12H9ClFNO3/c1-2-3-10(12(17)18)15-11(16)8-5-4-7(13)6-9(8)14/h1,4-6,10H,3H2,(H,15,16)(H,17,18). The summed E-state index contributed by atoms with van der Waals surface area (Å²) in [5.41, 5.74) is -0.289. The molecule has 6 heteroatoms. The average Bonchev–Trinajstić information content (AvgIpc) is 2.27. The van der Waals surface area contributed by atoms with Gasteiger partial charge in [0.2, 0.25) is 0 Å². The van der Waals surface area contributed by atoms with E-state index in [9.17, 15) is 14.0 Å². The zero-order valence-electron chi connectivity index (χ0n) is 9.11. The molecule has 4 nitrogen and oxygen atoms in total. The first kappa shape index (κ1) is 14.0. The lowest BCUT2D eigenvalue weighted by Gasteiger charge is -2.12. The first-order chi connectivity index (χ1) is 8.45. The summed E-state index contributed by atoms with van der Waals surface area (Å²) in [4.78, 5) is 22.4. The zero-order valence-corrected chi connectivity index (χ0v) is 9.87. The smallest absolute Gasteiger partial charge is 0.327 e. The van der Waals surface area contributed by atoms with Crippen LogP contribution in [0.2, 0.25) is 5.02 Å². The molecule has 0 spiro atoms. The minimum atomic E-state index is -1.28. The van der Waals surface area contributed by atoms with E-state index in [0.717, 1.165) is 6.07 Å². The van der Waals surface area contributed by atoms with E-state index in [-0.39, 0.29) is 17.0 Å². The Kier molecular flexibility index (Phi) is 4.69. The summed E-state index contributed by atoms with van der Waals surface area (Å²) in [7, 11) is 0. The van der Waals surface area contributed by atoms with E-state index in [1.165, 1.54) is 12.1 Å². The third-order valence-electron chi connectivity index (χ3n) is 2.10. The molecule has 1 amide bonds. The molecule has 0 saturated carbocycles. The van der Waals surface area contributed by atoms with Crippen LogP contribution in [0.5, 0.6) is 0 Å². The topological polar surface area (TPSA) is 66.4 Å². The minimum Gasteiger partial charge on any atom is -0.480 e. The first-order valence-corrected chi connectivity index (χ1v) is 5.25. The van der Waals surface area contributed by atoms with Crippen LogP contribution in [0.3, 0.4) is 0 Å². The minimum absolute atomic E-state index is 0.141. The van der Waals surface area contributed by atoms with E-state index < -0.39 is 23.7 Å². The van der Waals surface area contributed by atoms with E-state index in [1.807, 2.05) is 0 Å². The molecular weight excluding hydrogens is 261 g/mol. The number of nitrogens with one attached hydrogen (secondary N) is 1. The summed E-state index contributed by atoms with van der Waals surface area (Å²) >= 11 is 5.54. The SMILES string of the molecule is C#CCC(NC(=O)c1ccc(Cl)cc1F)C(=O)O. The van der Waals surface area contributed by atoms with E-state index >= 15 is 0 Å². The fourth-order valence-corrected chi connectivity index (χ4v) is 1.39. The van der Waals surface area contributed by atoms with Crippen molar-refractivity contribution in [3.8, 4) is 12.3 Å². The highest BCUT2D eigenvalue weighted by Gasteiger charge is 2.21. The largest absolute Gasteiger partial charge is 0.480 e. The molecule has 0 radical (unpaired) electrons. The molecule has 1 aromatic carbocycles. The summed E-state index contributed by atoms with van der Waals surface area (Å²) in [5.74, 6) is -0.846. The molecule has 0 fully saturated rings. The number of hydrogen-bond acceptors (Lipinski definition) is 2. The van der Waals surface area contributed by atoms with Crippen LogP contribution in [0.25, 0.3) is 0 Å². The lowest BCUT2D eigenvalue weighted by Crippen LogP contribution is -2.40. The predicted molar refractivity (Wildman–Crippen MR) is 63.8 cm³/mol. The van der Waals surface area contributed by atoms with Gasteiger partial charge in [-0.1, -0.05) is 11.6 Å². The Hall–Kier alpha value is -2.06. The third kappa shape index (κ3) is 3.47. The molecule has 1 aromatic rings. The molecule has 2 N–H and O–H groups in total. The predicted octanol–water partition coefficient (Wildman–Crippen LogP) is 1.69. The Morgan fingerprint density at radius 2 is 2.22 bits per heavy atom. The van der Waals surface area contributed by atoms with E-state index in [4.69, 9.17) is 23.1 Å². The molecule has 0 aliphatic rings. The number of benzene rings is 1. The van der Waals surface area contributed by atoms with Gasteiger partial charge in [0.1, 0.15) is 11.9 Å². The van der Waals surface area contributed by atoms with Gasteiger partial charge in [-0.25, -0.2) is 9.18 Å². The molecule has 0 aliphatic carbocycles. The molecule has 0 saturated heterocycles. The second-order valence-electron chi connectivity index (χ2n) is 3.40. The van der Waals surface area contributed by atoms with Crippen molar-refractivity contribution in [1.82, 2.24) is 5.32 Å². The van der Waals surface area contributed by atoms with Gasteiger partial charge in [0.05, 0.1) is 5.56 Å². The Labute approximate surface area is 108 Å². The van der Waals surface area contributed by atoms with Crippen LogP contribution >= 0.6 is 11.6 Å². The van der Waals surface area contributed by atoms with Gasteiger partial charge in [-0.3, -0.25) is 4.79 Å². The number of rotatable bonds is 4. The summed E-state index contributed by atoms with van der Waals surface area (Å²) in [6.45, 7) is 0. The quantitative estimate of drug-likeness (QED) is 0.818. The number of halogens is 2. The Bertz CT molecular complexity index is 525. The van der Waals surface area contributed by atoms with Gasteiger partial charge in [0.15, 0.2) is 0 Å². The fourth-order valence-electron chi connectivity index (χ4n) is 1.23. The number of amides is 1.